The van der Waals surface area contributed by atoms with E-state index in [0.717, 1.165) is 37.2 Å². The van der Waals surface area contributed by atoms with Crippen LogP contribution in [0.3, 0.4) is 0 Å². The van der Waals surface area contributed by atoms with Crippen molar-refractivity contribution in [2.75, 3.05) is 19.6 Å². The van der Waals surface area contributed by atoms with Crippen molar-refractivity contribution in [2.24, 2.45) is 5.92 Å². The number of hydrogen-bond acceptors (Lipinski definition) is 3. The summed E-state index contributed by atoms with van der Waals surface area (Å²) >= 11 is 0. The van der Waals surface area contributed by atoms with Gasteiger partial charge in [0.2, 0.25) is 0 Å². The molecular weight excluding hydrogens is 326 g/mol. The topological polar surface area (TPSA) is 49.8 Å². The van der Waals surface area contributed by atoms with Crippen LogP contribution in [0.15, 0.2) is 54.6 Å². The predicted octanol–water partition coefficient (Wildman–Crippen LogP) is 3.81. The Kier molecular flexibility index (Phi) is 4.76. The molecule has 2 aliphatic heterocycles. The van der Waals surface area contributed by atoms with E-state index in [2.05, 4.69) is 35.2 Å². The zero-order chi connectivity index (χ0) is 17.9. The number of aliphatic carboxylic acids is 1. The van der Waals surface area contributed by atoms with Gasteiger partial charge in [0.25, 0.3) is 0 Å². The van der Waals surface area contributed by atoms with Gasteiger partial charge in [0.1, 0.15) is 12.4 Å². The zero-order valence-electron chi connectivity index (χ0n) is 14.7. The van der Waals surface area contributed by atoms with Gasteiger partial charge < -0.3 is 9.84 Å². The molecule has 26 heavy (non-hydrogen) atoms. The van der Waals surface area contributed by atoms with E-state index in [4.69, 9.17) is 4.74 Å². The van der Waals surface area contributed by atoms with Crippen molar-refractivity contribution in [3.8, 4) is 5.75 Å². The third kappa shape index (κ3) is 3.37. The molecule has 0 amide bonds. The molecule has 2 heterocycles. The summed E-state index contributed by atoms with van der Waals surface area (Å²) in [6.07, 6.45) is 3.95. The Morgan fingerprint density at radius 3 is 2.77 bits per heavy atom. The van der Waals surface area contributed by atoms with E-state index < -0.39 is 5.97 Å². The molecule has 1 N–H and O–H groups in total. The van der Waals surface area contributed by atoms with Crippen LogP contribution in [0, 0.1) is 5.92 Å². The summed E-state index contributed by atoms with van der Waals surface area (Å²) in [7, 11) is 0. The number of carbonyl (C=O) groups is 1. The lowest BCUT2D eigenvalue weighted by Gasteiger charge is -2.29. The zero-order valence-corrected chi connectivity index (χ0v) is 14.7. The summed E-state index contributed by atoms with van der Waals surface area (Å²) in [6.45, 7) is 2.89. The maximum atomic E-state index is 11.3. The second kappa shape index (κ2) is 7.34. The standard InChI is InChI=1S/C22H23NO3/c24-22(25)16-7-5-12-23(14-16)13-11-19-18-8-2-1-6-17(18)15-26-21-10-4-3-9-20(19)21/h1-4,6,8-11,16H,5,7,12-15H2,(H,24,25)/t16-/m1/s1. The Morgan fingerprint density at radius 2 is 1.92 bits per heavy atom. The molecule has 0 bridgehead atoms. The number of para-hydroxylation sites is 1. The van der Waals surface area contributed by atoms with E-state index in [1.165, 1.54) is 16.7 Å². The molecule has 0 aromatic heterocycles. The fourth-order valence-electron chi connectivity index (χ4n) is 3.89. The summed E-state index contributed by atoms with van der Waals surface area (Å²) in [4.78, 5) is 13.6. The molecule has 0 saturated carbocycles. The van der Waals surface area contributed by atoms with E-state index in [0.29, 0.717) is 13.2 Å². The van der Waals surface area contributed by atoms with Crippen molar-refractivity contribution < 1.29 is 14.6 Å². The van der Waals surface area contributed by atoms with E-state index in [-0.39, 0.29) is 5.92 Å². The molecule has 2 aliphatic rings. The molecule has 4 heteroatoms. The number of hydrogen-bond donors (Lipinski definition) is 1. The first-order valence-corrected chi connectivity index (χ1v) is 9.18. The van der Waals surface area contributed by atoms with E-state index in [1.54, 1.807) is 0 Å². The third-order valence-electron chi connectivity index (χ3n) is 5.28. The largest absolute Gasteiger partial charge is 0.488 e. The molecule has 2 aromatic carbocycles. The molecule has 0 aliphatic carbocycles. The van der Waals surface area contributed by atoms with Crippen LogP contribution in [0.2, 0.25) is 0 Å². The highest BCUT2D eigenvalue weighted by Crippen LogP contribution is 2.36. The van der Waals surface area contributed by atoms with Crippen molar-refractivity contribution in [2.45, 2.75) is 19.4 Å². The molecule has 0 unspecified atom stereocenters. The highest BCUT2D eigenvalue weighted by Gasteiger charge is 2.25. The van der Waals surface area contributed by atoms with Crippen molar-refractivity contribution in [3.63, 3.8) is 0 Å². The molecular formula is C22H23NO3. The first-order chi connectivity index (χ1) is 12.7. The number of piperidine rings is 1. The lowest BCUT2D eigenvalue weighted by Crippen LogP contribution is -2.38. The van der Waals surface area contributed by atoms with Crippen molar-refractivity contribution >= 4 is 11.5 Å². The Balaban J connectivity index is 1.66. The fourth-order valence-corrected chi connectivity index (χ4v) is 3.89. The van der Waals surface area contributed by atoms with Crippen LogP contribution in [-0.2, 0) is 11.4 Å². The lowest BCUT2D eigenvalue weighted by atomic mass is 9.93. The molecule has 1 fully saturated rings. The van der Waals surface area contributed by atoms with Gasteiger partial charge in [-0.25, -0.2) is 0 Å². The first-order valence-electron chi connectivity index (χ1n) is 9.18. The highest BCUT2D eigenvalue weighted by atomic mass is 16.5. The van der Waals surface area contributed by atoms with Crippen LogP contribution < -0.4 is 4.74 Å². The number of rotatable bonds is 3. The number of fused-ring (bicyclic) bond motifs is 2. The van der Waals surface area contributed by atoms with Gasteiger partial charge in [0.15, 0.2) is 0 Å². The molecule has 134 valence electrons. The normalized spacial score (nSPS) is 21.4. The summed E-state index contributed by atoms with van der Waals surface area (Å²) in [5, 5.41) is 9.31. The van der Waals surface area contributed by atoms with Crippen LogP contribution >= 0.6 is 0 Å². The van der Waals surface area contributed by atoms with Crippen molar-refractivity contribution in [1.82, 2.24) is 4.90 Å². The Hall–Kier alpha value is -2.59. The smallest absolute Gasteiger partial charge is 0.307 e. The van der Waals surface area contributed by atoms with Gasteiger partial charge in [-0.05, 0) is 42.2 Å². The van der Waals surface area contributed by atoms with Crippen molar-refractivity contribution in [1.29, 1.82) is 0 Å². The average Bonchev–Trinajstić information content (AvgIpc) is 2.83. The highest BCUT2D eigenvalue weighted by molar-refractivity contribution is 5.85. The Bertz CT molecular complexity index is 793. The van der Waals surface area contributed by atoms with Crippen LogP contribution in [0.5, 0.6) is 5.75 Å². The molecule has 4 rings (SSSR count). The van der Waals surface area contributed by atoms with Gasteiger partial charge >= 0.3 is 5.97 Å². The second-order valence-corrected chi connectivity index (χ2v) is 7.00. The minimum Gasteiger partial charge on any atom is -0.488 e. The third-order valence-corrected chi connectivity index (χ3v) is 5.28. The molecule has 1 atom stereocenters. The van der Waals surface area contributed by atoms with Gasteiger partial charge in [-0.1, -0.05) is 48.5 Å². The van der Waals surface area contributed by atoms with Crippen LogP contribution in [-0.4, -0.2) is 35.6 Å². The van der Waals surface area contributed by atoms with Gasteiger partial charge in [-0.15, -0.1) is 0 Å². The van der Waals surface area contributed by atoms with Crippen molar-refractivity contribution in [3.05, 3.63) is 71.3 Å². The van der Waals surface area contributed by atoms with E-state index >= 15 is 0 Å². The minimum atomic E-state index is -0.680. The predicted molar refractivity (Wildman–Crippen MR) is 101 cm³/mol. The summed E-state index contributed by atoms with van der Waals surface area (Å²) in [5.41, 5.74) is 4.65. The number of nitrogens with zero attached hydrogens (tertiary/aromatic N) is 1. The summed E-state index contributed by atoms with van der Waals surface area (Å²) < 4.78 is 6.01. The molecule has 0 spiro atoms. The van der Waals surface area contributed by atoms with E-state index in [9.17, 15) is 9.90 Å². The second-order valence-electron chi connectivity index (χ2n) is 7.00. The maximum Gasteiger partial charge on any atom is 0.307 e. The number of ether oxygens (including phenoxy) is 1. The van der Waals surface area contributed by atoms with Crippen LogP contribution in [0.1, 0.15) is 29.5 Å². The number of benzene rings is 2. The molecule has 4 nitrogen and oxygen atoms in total. The molecule has 2 aromatic rings. The summed E-state index contributed by atoms with van der Waals surface area (Å²) in [5.74, 6) is -0.0305. The Morgan fingerprint density at radius 1 is 1.15 bits per heavy atom. The molecule has 1 saturated heterocycles. The quantitative estimate of drug-likeness (QED) is 0.915. The van der Waals surface area contributed by atoms with Gasteiger partial charge in [-0.2, -0.15) is 0 Å². The van der Waals surface area contributed by atoms with Gasteiger partial charge in [0.05, 0.1) is 5.92 Å². The SMILES string of the molecule is O=C(O)[C@@H]1CCCN(CC=C2c3ccccc3COc3ccccc32)C1. The number of carboxylic acid groups (broad SMARTS) is 1. The lowest BCUT2D eigenvalue weighted by molar-refractivity contribution is -0.143. The van der Waals surface area contributed by atoms with Crippen LogP contribution in [0.25, 0.3) is 5.57 Å². The first kappa shape index (κ1) is 16.9. The van der Waals surface area contributed by atoms with Gasteiger partial charge in [0, 0.05) is 18.7 Å². The van der Waals surface area contributed by atoms with Gasteiger partial charge in [-0.3, -0.25) is 9.69 Å². The summed E-state index contributed by atoms with van der Waals surface area (Å²) in [6, 6.07) is 16.5. The average molecular weight is 349 g/mol. The molecule has 0 radical (unpaired) electrons. The number of carboxylic acids is 1. The maximum absolute atomic E-state index is 11.3. The number of likely N-dealkylation sites (tertiary alicyclic amines) is 1. The van der Waals surface area contributed by atoms with E-state index in [1.807, 2.05) is 24.3 Å². The minimum absolute atomic E-state index is 0.251. The van der Waals surface area contributed by atoms with Crippen LogP contribution in [0.4, 0.5) is 0 Å². The Labute approximate surface area is 153 Å². The fraction of sp³-hybridized carbons (Fsp3) is 0.318. The monoisotopic (exact) mass is 349 g/mol.